The fourth-order valence-electron chi connectivity index (χ4n) is 2.46. The van der Waals surface area contributed by atoms with Gasteiger partial charge in [-0.25, -0.2) is 9.18 Å². The first kappa shape index (κ1) is 15.4. The number of ether oxygens (including phenoxy) is 1. The van der Waals surface area contributed by atoms with Gasteiger partial charge in [0.1, 0.15) is 5.82 Å². The Morgan fingerprint density at radius 1 is 1.38 bits per heavy atom. The SMILES string of the molecule is COC(=O)c1cc(C(C)=N)c(NC2CCNCC2)cc1F. The monoisotopic (exact) mass is 293 g/mol. The van der Waals surface area contributed by atoms with Crippen molar-refractivity contribution in [3.05, 3.63) is 29.1 Å². The maximum Gasteiger partial charge on any atom is 0.340 e. The number of hydrogen-bond donors (Lipinski definition) is 3. The average Bonchev–Trinajstić information content (AvgIpc) is 2.47. The van der Waals surface area contributed by atoms with Gasteiger partial charge < -0.3 is 20.8 Å². The molecule has 3 N–H and O–H groups in total. The lowest BCUT2D eigenvalue weighted by Gasteiger charge is -2.26. The van der Waals surface area contributed by atoms with Crippen molar-refractivity contribution in [2.75, 3.05) is 25.5 Å². The average molecular weight is 293 g/mol. The number of carbonyl (C=O) groups excluding carboxylic acids is 1. The summed E-state index contributed by atoms with van der Waals surface area (Å²) in [5.41, 5.74) is 1.21. The second-order valence-corrected chi connectivity index (χ2v) is 5.16. The Bertz CT molecular complexity index is 554. The lowest BCUT2D eigenvalue weighted by Crippen LogP contribution is -2.35. The molecule has 2 rings (SSSR count). The van der Waals surface area contributed by atoms with E-state index in [1.54, 1.807) is 6.92 Å². The molecule has 6 heteroatoms. The minimum Gasteiger partial charge on any atom is -0.465 e. The molecule has 114 valence electrons. The summed E-state index contributed by atoms with van der Waals surface area (Å²) in [6.07, 6.45) is 1.88. The van der Waals surface area contributed by atoms with Gasteiger partial charge in [0.25, 0.3) is 0 Å². The molecule has 1 aliphatic heterocycles. The first-order valence-electron chi connectivity index (χ1n) is 6.97. The van der Waals surface area contributed by atoms with Crippen LogP contribution in [0, 0.1) is 11.2 Å². The van der Waals surface area contributed by atoms with Gasteiger partial charge in [0.2, 0.25) is 0 Å². The molecule has 21 heavy (non-hydrogen) atoms. The summed E-state index contributed by atoms with van der Waals surface area (Å²) in [5, 5.41) is 14.4. The maximum absolute atomic E-state index is 14.1. The molecule has 1 aromatic rings. The highest BCUT2D eigenvalue weighted by atomic mass is 19.1. The molecule has 1 aliphatic rings. The summed E-state index contributed by atoms with van der Waals surface area (Å²) < 4.78 is 18.6. The van der Waals surface area contributed by atoms with Crippen LogP contribution in [-0.2, 0) is 4.74 Å². The molecule has 0 unspecified atom stereocenters. The number of benzene rings is 1. The van der Waals surface area contributed by atoms with E-state index in [0.717, 1.165) is 25.9 Å². The Balaban J connectivity index is 2.33. The van der Waals surface area contributed by atoms with Crippen LogP contribution in [0.15, 0.2) is 12.1 Å². The first-order chi connectivity index (χ1) is 10.0. The predicted octanol–water partition coefficient (Wildman–Crippen LogP) is 2.16. The Morgan fingerprint density at radius 3 is 2.62 bits per heavy atom. The number of esters is 1. The summed E-state index contributed by atoms with van der Waals surface area (Å²) in [5.74, 6) is -1.37. The van der Waals surface area contributed by atoms with Gasteiger partial charge in [-0.05, 0) is 45.0 Å². The number of carbonyl (C=O) groups is 1. The molecule has 1 aromatic carbocycles. The molecule has 1 fully saturated rings. The number of nitrogens with one attached hydrogen (secondary N) is 3. The minimum atomic E-state index is -0.733. The van der Waals surface area contributed by atoms with E-state index in [2.05, 4.69) is 15.4 Å². The third-order valence-corrected chi connectivity index (χ3v) is 3.62. The quantitative estimate of drug-likeness (QED) is 0.587. The lowest BCUT2D eigenvalue weighted by molar-refractivity contribution is 0.0595. The predicted molar refractivity (Wildman–Crippen MR) is 79.8 cm³/mol. The van der Waals surface area contributed by atoms with Crippen LogP contribution in [0.3, 0.4) is 0 Å². The zero-order valence-corrected chi connectivity index (χ0v) is 12.3. The van der Waals surface area contributed by atoms with Crippen molar-refractivity contribution in [2.45, 2.75) is 25.8 Å². The fraction of sp³-hybridized carbons (Fsp3) is 0.467. The number of hydrogen-bond acceptors (Lipinski definition) is 5. The van der Waals surface area contributed by atoms with Crippen LogP contribution in [0.25, 0.3) is 0 Å². The second kappa shape index (κ2) is 6.67. The minimum absolute atomic E-state index is 0.144. The Morgan fingerprint density at radius 2 is 2.05 bits per heavy atom. The molecule has 0 radical (unpaired) electrons. The number of anilines is 1. The molecule has 5 nitrogen and oxygen atoms in total. The molecule has 0 aliphatic carbocycles. The van der Waals surface area contributed by atoms with E-state index in [1.165, 1.54) is 19.2 Å². The fourth-order valence-corrected chi connectivity index (χ4v) is 2.46. The maximum atomic E-state index is 14.1. The van der Waals surface area contributed by atoms with Gasteiger partial charge in [0.15, 0.2) is 0 Å². The summed E-state index contributed by atoms with van der Waals surface area (Å²) in [4.78, 5) is 11.5. The van der Waals surface area contributed by atoms with Gasteiger partial charge in [-0.2, -0.15) is 0 Å². The van der Waals surface area contributed by atoms with E-state index in [0.29, 0.717) is 11.3 Å². The molecule has 1 heterocycles. The van der Waals surface area contributed by atoms with Gasteiger partial charge >= 0.3 is 5.97 Å². The van der Waals surface area contributed by atoms with E-state index < -0.39 is 11.8 Å². The van der Waals surface area contributed by atoms with Crippen molar-refractivity contribution in [1.29, 1.82) is 5.41 Å². The van der Waals surface area contributed by atoms with Crippen LogP contribution in [0.4, 0.5) is 10.1 Å². The third-order valence-electron chi connectivity index (χ3n) is 3.62. The highest BCUT2D eigenvalue weighted by Crippen LogP contribution is 2.24. The van der Waals surface area contributed by atoms with E-state index in [9.17, 15) is 9.18 Å². The van der Waals surface area contributed by atoms with E-state index in [-0.39, 0.29) is 17.3 Å². The summed E-state index contributed by atoms with van der Waals surface area (Å²) in [6, 6.07) is 2.90. The topological polar surface area (TPSA) is 74.2 Å². The lowest BCUT2D eigenvalue weighted by atomic mass is 10.0. The zero-order chi connectivity index (χ0) is 15.4. The molecular weight excluding hydrogens is 273 g/mol. The van der Waals surface area contributed by atoms with Gasteiger partial charge in [-0.1, -0.05) is 0 Å². The van der Waals surface area contributed by atoms with Gasteiger partial charge in [0, 0.05) is 23.0 Å². The number of rotatable bonds is 4. The Kier molecular flexibility index (Phi) is 4.90. The van der Waals surface area contributed by atoms with E-state index >= 15 is 0 Å². The molecule has 0 spiro atoms. The molecule has 0 aromatic heterocycles. The number of piperidine rings is 1. The highest BCUT2D eigenvalue weighted by molar-refractivity contribution is 6.04. The van der Waals surface area contributed by atoms with Crippen molar-refractivity contribution in [3.63, 3.8) is 0 Å². The second-order valence-electron chi connectivity index (χ2n) is 5.16. The van der Waals surface area contributed by atoms with Crippen LogP contribution < -0.4 is 10.6 Å². The van der Waals surface area contributed by atoms with E-state index in [4.69, 9.17) is 5.41 Å². The molecule has 0 bridgehead atoms. The molecule has 1 saturated heterocycles. The molecule has 0 atom stereocenters. The van der Waals surface area contributed by atoms with Crippen LogP contribution in [0.1, 0.15) is 35.7 Å². The first-order valence-corrected chi connectivity index (χ1v) is 6.97. The van der Waals surface area contributed by atoms with Crippen molar-refractivity contribution in [1.82, 2.24) is 5.32 Å². The largest absolute Gasteiger partial charge is 0.465 e. The summed E-state index contributed by atoms with van der Waals surface area (Å²) in [6.45, 7) is 3.44. The zero-order valence-electron chi connectivity index (χ0n) is 12.3. The third kappa shape index (κ3) is 3.58. The standard InChI is InChI=1S/C15H20FN3O2/c1-9(17)11-7-12(15(20)21-2)13(16)8-14(11)19-10-3-5-18-6-4-10/h7-8,10,17-19H,3-6H2,1-2H3. The van der Waals surface area contributed by atoms with Crippen LogP contribution in [-0.4, -0.2) is 37.9 Å². The van der Waals surface area contributed by atoms with Crippen LogP contribution in [0.5, 0.6) is 0 Å². The molecule has 0 amide bonds. The highest BCUT2D eigenvalue weighted by Gasteiger charge is 2.20. The molecule has 0 saturated carbocycles. The number of halogens is 1. The van der Waals surface area contributed by atoms with Crippen molar-refractivity contribution in [3.8, 4) is 0 Å². The Labute approximate surface area is 123 Å². The van der Waals surface area contributed by atoms with Gasteiger partial charge in [0.05, 0.1) is 12.7 Å². The van der Waals surface area contributed by atoms with Crippen molar-refractivity contribution >= 4 is 17.4 Å². The van der Waals surface area contributed by atoms with Gasteiger partial charge in [-0.15, -0.1) is 0 Å². The van der Waals surface area contributed by atoms with Crippen LogP contribution >= 0.6 is 0 Å². The van der Waals surface area contributed by atoms with E-state index in [1.807, 2.05) is 0 Å². The summed E-state index contributed by atoms with van der Waals surface area (Å²) in [7, 11) is 1.21. The summed E-state index contributed by atoms with van der Waals surface area (Å²) >= 11 is 0. The van der Waals surface area contributed by atoms with Crippen molar-refractivity contribution in [2.24, 2.45) is 0 Å². The Hall–Kier alpha value is -1.95. The molecular formula is C15H20FN3O2. The van der Waals surface area contributed by atoms with Crippen LogP contribution in [0.2, 0.25) is 0 Å². The smallest absolute Gasteiger partial charge is 0.340 e. The normalized spacial score (nSPS) is 15.6. The number of methoxy groups -OCH3 is 1. The van der Waals surface area contributed by atoms with Gasteiger partial charge in [-0.3, -0.25) is 0 Å². The van der Waals surface area contributed by atoms with Crippen molar-refractivity contribution < 1.29 is 13.9 Å².